The number of carbonyl (C=O) groups excluding carboxylic acids is 1. The van der Waals surface area contributed by atoms with E-state index in [1.165, 1.54) is 0 Å². The number of aryl methyl sites for hydroxylation is 2. The highest BCUT2D eigenvalue weighted by molar-refractivity contribution is 5.92. The number of anilines is 1. The van der Waals surface area contributed by atoms with Crippen molar-refractivity contribution in [2.24, 2.45) is 0 Å². The normalized spacial score (nSPS) is 10.6. The summed E-state index contributed by atoms with van der Waals surface area (Å²) in [5, 5.41) is 2.92. The van der Waals surface area contributed by atoms with Crippen LogP contribution in [0.3, 0.4) is 0 Å². The maximum absolute atomic E-state index is 12.3. The molecule has 0 saturated heterocycles. The van der Waals surface area contributed by atoms with E-state index in [4.69, 9.17) is 9.15 Å². The van der Waals surface area contributed by atoms with Crippen LogP contribution in [0.25, 0.3) is 11.3 Å². The first-order valence-electron chi connectivity index (χ1n) is 9.19. The molecule has 3 rings (SSSR count). The smallest absolute Gasteiger partial charge is 0.224 e. The largest absolute Gasteiger partial charge is 0.492 e. The Morgan fingerprint density at radius 2 is 2.00 bits per heavy atom. The van der Waals surface area contributed by atoms with Gasteiger partial charge in [0.25, 0.3) is 0 Å². The van der Waals surface area contributed by atoms with Crippen LogP contribution >= 0.6 is 0 Å². The molecule has 0 saturated carbocycles. The Morgan fingerprint density at radius 1 is 1.19 bits per heavy atom. The average Bonchev–Trinajstić information content (AvgIpc) is 3.14. The van der Waals surface area contributed by atoms with E-state index in [2.05, 4.69) is 10.3 Å². The van der Waals surface area contributed by atoms with Gasteiger partial charge in [0.1, 0.15) is 5.75 Å². The predicted octanol–water partition coefficient (Wildman–Crippen LogP) is 5.01. The molecule has 0 aliphatic heterocycles. The number of rotatable bonds is 8. The van der Waals surface area contributed by atoms with Crippen molar-refractivity contribution in [2.45, 2.75) is 33.1 Å². The first-order chi connectivity index (χ1) is 13.2. The van der Waals surface area contributed by atoms with Gasteiger partial charge < -0.3 is 14.5 Å². The number of oxazole rings is 1. The molecule has 3 aromatic rings. The van der Waals surface area contributed by atoms with E-state index < -0.39 is 0 Å². The Bertz CT molecular complexity index is 888. The summed E-state index contributed by atoms with van der Waals surface area (Å²) in [7, 11) is 0. The molecule has 27 heavy (non-hydrogen) atoms. The fourth-order valence-electron chi connectivity index (χ4n) is 2.78. The van der Waals surface area contributed by atoms with Crippen LogP contribution in [0.4, 0.5) is 5.69 Å². The Labute approximate surface area is 159 Å². The van der Waals surface area contributed by atoms with E-state index in [0.29, 0.717) is 43.2 Å². The molecular weight excluding hydrogens is 340 g/mol. The molecule has 0 bridgehead atoms. The molecule has 0 fully saturated rings. The van der Waals surface area contributed by atoms with Crippen LogP contribution < -0.4 is 10.1 Å². The average molecular weight is 364 g/mol. The lowest BCUT2D eigenvalue weighted by Crippen LogP contribution is -2.12. The third kappa shape index (κ3) is 5.20. The van der Waals surface area contributed by atoms with E-state index >= 15 is 0 Å². The van der Waals surface area contributed by atoms with E-state index in [-0.39, 0.29) is 5.91 Å². The number of benzene rings is 2. The van der Waals surface area contributed by atoms with Gasteiger partial charge >= 0.3 is 0 Å². The molecule has 1 N–H and O–H groups in total. The summed E-state index contributed by atoms with van der Waals surface area (Å²) in [6.45, 7) is 4.47. The molecular formula is C22H24N2O3. The Morgan fingerprint density at radius 3 is 2.78 bits per heavy atom. The summed E-state index contributed by atoms with van der Waals surface area (Å²) in [5.74, 6) is 2.05. The molecule has 0 aliphatic rings. The van der Waals surface area contributed by atoms with Gasteiger partial charge in [-0.1, -0.05) is 36.4 Å². The van der Waals surface area contributed by atoms with Gasteiger partial charge in [0.15, 0.2) is 11.7 Å². The van der Waals surface area contributed by atoms with Gasteiger partial charge in [-0.3, -0.25) is 4.79 Å². The fraction of sp³-hybridized carbons (Fsp3) is 0.273. The van der Waals surface area contributed by atoms with Crippen LogP contribution in [-0.4, -0.2) is 17.5 Å². The molecule has 0 atom stereocenters. The van der Waals surface area contributed by atoms with Gasteiger partial charge in [0, 0.05) is 18.4 Å². The number of ether oxygens (including phenoxy) is 1. The predicted molar refractivity (Wildman–Crippen MR) is 106 cm³/mol. The first-order valence-corrected chi connectivity index (χ1v) is 9.19. The number of carbonyl (C=O) groups is 1. The van der Waals surface area contributed by atoms with Crippen molar-refractivity contribution in [3.8, 4) is 17.1 Å². The highest BCUT2D eigenvalue weighted by Crippen LogP contribution is 2.26. The van der Waals surface area contributed by atoms with Gasteiger partial charge in [-0.15, -0.1) is 0 Å². The quantitative estimate of drug-likeness (QED) is 0.610. The number of hydrogen-bond acceptors (Lipinski definition) is 4. The topological polar surface area (TPSA) is 64.4 Å². The summed E-state index contributed by atoms with van der Waals surface area (Å²) in [6, 6.07) is 15.6. The number of nitrogens with zero attached hydrogens (tertiary/aromatic N) is 1. The minimum absolute atomic E-state index is 0.0466. The highest BCUT2D eigenvalue weighted by Gasteiger charge is 2.10. The summed E-state index contributed by atoms with van der Waals surface area (Å²) < 4.78 is 11.4. The SMILES string of the molecule is CCOc1cc(C)ccc1NC(=O)CCCc1ncc(-c2ccccc2)o1. The summed E-state index contributed by atoms with van der Waals surface area (Å²) in [6.07, 6.45) is 3.40. The maximum Gasteiger partial charge on any atom is 0.224 e. The third-order valence-electron chi connectivity index (χ3n) is 4.12. The standard InChI is InChI=1S/C22H24N2O3/c1-3-26-19-14-16(2)12-13-18(19)24-21(25)10-7-11-22-23-15-20(27-22)17-8-5-4-6-9-17/h4-6,8-9,12-15H,3,7,10-11H2,1-2H3,(H,24,25). The number of nitrogens with one attached hydrogen (secondary N) is 1. The zero-order chi connectivity index (χ0) is 19.1. The summed E-state index contributed by atoms with van der Waals surface area (Å²) in [4.78, 5) is 16.6. The fourth-order valence-corrected chi connectivity index (χ4v) is 2.78. The van der Waals surface area contributed by atoms with Crippen LogP contribution in [0.2, 0.25) is 0 Å². The van der Waals surface area contributed by atoms with Crippen LogP contribution in [-0.2, 0) is 11.2 Å². The zero-order valence-electron chi connectivity index (χ0n) is 15.7. The zero-order valence-corrected chi connectivity index (χ0v) is 15.7. The van der Waals surface area contributed by atoms with Crippen molar-refractivity contribution in [1.82, 2.24) is 4.98 Å². The second-order valence-electron chi connectivity index (χ2n) is 6.32. The van der Waals surface area contributed by atoms with E-state index in [1.807, 2.05) is 62.4 Å². The third-order valence-corrected chi connectivity index (χ3v) is 4.12. The molecule has 1 heterocycles. The van der Waals surface area contributed by atoms with Crippen LogP contribution in [0.5, 0.6) is 5.75 Å². The lowest BCUT2D eigenvalue weighted by molar-refractivity contribution is -0.116. The molecule has 5 heteroatoms. The second-order valence-corrected chi connectivity index (χ2v) is 6.32. The van der Waals surface area contributed by atoms with Crippen molar-refractivity contribution in [2.75, 3.05) is 11.9 Å². The van der Waals surface area contributed by atoms with E-state index in [9.17, 15) is 4.79 Å². The van der Waals surface area contributed by atoms with Crippen LogP contribution in [0.15, 0.2) is 59.1 Å². The van der Waals surface area contributed by atoms with Crippen molar-refractivity contribution in [1.29, 1.82) is 0 Å². The lowest BCUT2D eigenvalue weighted by atomic mass is 10.2. The lowest BCUT2D eigenvalue weighted by Gasteiger charge is -2.12. The molecule has 0 aliphatic carbocycles. The monoisotopic (exact) mass is 364 g/mol. The molecule has 1 amide bonds. The minimum Gasteiger partial charge on any atom is -0.492 e. The van der Waals surface area contributed by atoms with Gasteiger partial charge in [-0.25, -0.2) is 4.98 Å². The Hall–Kier alpha value is -3.08. The van der Waals surface area contributed by atoms with Crippen LogP contribution in [0, 0.1) is 6.92 Å². The number of hydrogen-bond donors (Lipinski definition) is 1. The van der Waals surface area contributed by atoms with Gasteiger partial charge in [-0.05, 0) is 38.0 Å². The molecule has 2 aromatic carbocycles. The second kappa shape index (κ2) is 9.03. The maximum atomic E-state index is 12.3. The Kier molecular flexibility index (Phi) is 6.26. The first kappa shape index (κ1) is 18.7. The van der Waals surface area contributed by atoms with E-state index in [0.717, 1.165) is 16.9 Å². The van der Waals surface area contributed by atoms with Gasteiger partial charge in [0.2, 0.25) is 5.91 Å². The van der Waals surface area contributed by atoms with Crippen molar-refractivity contribution in [3.05, 3.63) is 66.2 Å². The number of aromatic nitrogens is 1. The van der Waals surface area contributed by atoms with Crippen molar-refractivity contribution >= 4 is 11.6 Å². The van der Waals surface area contributed by atoms with Crippen molar-refractivity contribution < 1.29 is 13.9 Å². The Balaban J connectivity index is 1.51. The molecule has 140 valence electrons. The molecule has 0 unspecified atom stereocenters. The van der Waals surface area contributed by atoms with Gasteiger partial charge in [-0.2, -0.15) is 0 Å². The highest BCUT2D eigenvalue weighted by atomic mass is 16.5. The molecule has 1 aromatic heterocycles. The van der Waals surface area contributed by atoms with E-state index in [1.54, 1.807) is 6.20 Å². The minimum atomic E-state index is -0.0466. The van der Waals surface area contributed by atoms with Crippen molar-refractivity contribution in [3.63, 3.8) is 0 Å². The van der Waals surface area contributed by atoms with Crippen LogP contribution in [0.1, 0.15) is 31.2 Å². The summed E-state index contributed by atoms with van der Waals surface area (Å²) >= 11 is 0. The molecule has 0 radical (unpaired) electrons. The van der Waals surface area contributed by atoms with Gasteiger partial charge in [0.05, 0.1) is 18.5 Å². The molecule has 5 nitrogen and oxygen atoms in total. The number of amides is 1. The molecule has 0 spiro atoms. The summed E-state index contributed by atoms with van der Waals surface area (Å²) in [5.41, 5.74) is 2.79.